The molecule has 0 aliphatic rings. The second-order valence-corrected chi connectivity index (χ2v) is 5.64. The van der Waals surface area contributed by atoms with Crippen molar-refractivity contribution < 1.29 is 20.1 Å². The van der Waals surface area contributed by atoms with Crippen LogP contribution in [-0.4, -0.2) is 27.9 Å². The van der Waals surface area contributed by atoms with Crippen LogP contribution in [0.3, 0.4) is 0 Å². The minimum Gasteiger partial charge on any atom is -0.506 e. The maximum atomic E-state index is 11.2. The number of halogens is 2. The summed E-state index contributed by atoms with van der Waals surface area (Å²) in [5.41, 5.74) is 5.30. The van der Waals surface area contributed by atoms with E-state index in [2.05, 4.69) is 15.9 Å². The number of aliphatic hydroxyl groups is 1. The number of rotatable bonds is 4. The molecule has 5 N–H and O–H groups in total. The van der Waals surface area contributed by atoms with E-state index in [4.69, 9.17) is 10.8 Å². The van der Waals surface area contributed by atoms with E-state index in [1.165, 1.54) is 12.1 Å². The molecule has 19 heavy (non-hydrogen) atoms. The van der Waals surface area contributed by atoms with E-state index >= 15 is 0 Å². The zero-order valence-corrected chi connectivity index (χ0v) is 13.0. The molecule has 0 spiro atoms. The molecule has 1 atom stereocenters. The molecule has 0 aliphatic carbocycles. The quantitative estimate of drug-likeness (QED) is 0.664. The number of carboxylic acids is 1. The molecule has 1 aromatic carbocycles. The normalized spacial score (nSPS) is 12.7. The van der Waals surface area contributed by atoms with Gasteiger partial charge in [0.1, 0.15) is 5.75 Å². The van der Waals surface area contributed by atoms with Gasteiger partial charge in [0.25, 0.3) is 0 Å². The second-order valence-electron chi connectivity index (χ2n) is 4.79. The summed E-state index contributed by atoms with van der Waals surface area (Å²) < 4.78 is 0.367. The molecule has 108 valence electrons. The molecule has 7 heteroatoms. The summed E-state index contributed by atoms with van der Waals surface area (Å²) >= 11 is 3.13. The van der Waals surface area contributed by atoms with Gasteiger partial charge in [0.05, 0.1) is 10.0 Å². The molecular formula is C12H17BrClNO4. The predicted octanol–water partition coefficient (Wildman–Crippen LogP) is 2.29. The highest BCUT2D eigenvalue weighted by Crippen LogP contribution is 2.40. The molecule has 0 aromatic heterocycles. The van der Waals surface area contributed by atoms with Crippen LogP contribution in [0.25, 0.3) is 0 Å². The fourth-order valence-electron chi connectivity index (χ4n) is 1.57. The Hall–Kier alpha value is -0.820. The molecule has 1 rings (SSSR count). The van der Waals surface area contributed by atoms with Gasteiger partial charge in [-0.2, -0.15) is 0 Å². The van der Waals surface area contributed by atoms with Gasteiger partial charge in [0.15, 0.2) is 0 Å². The van der Waals surface area contributed by atoms with Gasteiger partial charge in [0.2, 0.25) is 0 Å². The predicted molar refractivity (Wildman–Crippen MR) is 77.8 cm³/mol. The Morgan fingerprint density at radius 3 is 2.42 bits per heavy atom. The van der Waals surface area contributed by atoms with Crippen LogP contribution in [0.15, 0.2) is 16.6 Å². The summed E-state index contributed by atoms with van der Waals surface area (Å²) in [4.78, 5) is 11.2. The first kappa shape index (κ1) is 18.2. The van der Waals surface area contributed by atoms with Crippen LogP contribution < -0.4 is 5.73 Å². The monoisotopic (exact) mass is 353 g/mol. The Bertz CT molecular complexity index is 479. The highest BCUT2D eigenvalue weighted by Gasteiger charge is 2.32. The van der Waals surface area contributed by atoms with Crippen molar-refractivity contribution in [3.05, 3.63) is 27.7 Å². The molecule has 0 fully saturated rings. The highest BCUT2D eigenvalue weighted by atomic mass is 79.9. The zero-order valence-electron chi connectivity index (χ0n) is 10.6. The van der Waals surface area contributed by atoms with Crippen LogP contribution >= 0.6 is 28.3 Å². The standard InChI is InChI=1S/C12H16BrNO4.ClH/c1-12(2,5-15)10(14)8-6(11(17)18)3-4-7(13)9(8)16;/h3-4,10,15-16H,5,14H2,1-2H3,(H,17,18);1H/t10-;/m1./s1. The van der Waals surface area contributed by atoms with Crippen molar-refractivity contribution in [3.8, 4) is 5.75 Å². The summed E-state index contributed by atoms with van der Waals surface area (Å²) in [5, 5.41) is 28.4. The molecule has 5 nitrogen and oxygen atoms in total. The minimum absolute atomic E-state index is 0. The lowest BCUT2D eigenvalue weighted by molar-refractivity contribution is 0.0690. The van der Waals surface area contributed by atoms with E-state index in [1.807, 2.05) is 0 Å². The van der Waals surface area contributed by atoms with Crippen LogP contribution in [0.5, 0.6) is 5.75 Å². The maximum absolute atomic E-state index is 11.2. The molecule has 0 bridgehead atoms. The largest absolute Gasteiger partial charge is 0.506 e. The number of phenols is 1. The Morgan fingerprint density at radius 2 is 2.00 bits per heavy atom. The number of phenolic OH excluding ortho intramolecular Hbond substituents is 1. The van der Waals surface area contributed by atoms with Gasteiger partial charge < -0.3 is 21.1 Å². The van der Waals surface area contributed by atoms with Gasteiger partial charge in [-0.3, -0.25) is 0 Å². The molecule has 0 unspecified atom stereocenters. The summed E-state index contributed by atoms with van der Waals surface area (Å²) in [6.45, 7) is 3.17. The third-order valence-electron chi connectivity index (χ3n) is 2.96. The molecule has 1 aromatic rings. The van der Waals surface area contributed by atoms with Crippen LogP contribution in [0, 0.1) is 5.41 Å². The topological polar surface area (TPSA) is 104 Å². The van der Waals surface area contributed by atoms with Gasteiger partial charge in [0, 0.05) is 23.6 Å². The highest BCUT2D eigenvalue weighted by molar-refractivity contribution is 9.10. The van der Waals surface area contributed by atoms with Crippen molar-refractivity contribution in [1.82, 2.24) is 0 Å². The first-order chi connectivity index (χ1) is 8.22. The second kappa shape index (κ2) is 6.56. The molecule has 0 heterocycles. The summed E-state index contributed by atoms with van der Waals surface area (Å²) in [7, 11) is 0. The number of benzene rings is 1. The van der Waals surface area contributed by atoms with Crippen LogP contribution in [0.1, 0.15) is 35.8 Å². The lowest BCUT2D eigenvalue weighted by atomic mass is 9.80. The van der Waals surface area contributed by atoms with Crippen molar-refractivity contribution in [2.45, 2.75) is 19.9 Å². The Kier molecular flexibility index (Phi) is 6.28. The van der Waals surface area contributed by atoms with Crippen LogP contribution in [-0.2, 0) is 0 Å². The Balaban J connectivity index is 0.00000324. The van der Waals surface area contributed by atoms with Crippen molar-refractivity contribution >= 4 is 34.3 Å². The van der Waals surface area contributed by atoms with E-state index in [9.17, 15) is 15.0 Å². The van der Waals surface area contributed by atoms with Crippen LogP contribution in [0.2, 0.25) is 0 Å². The molecule has 0 saturated heterocycles. The van der Waals surface area contributed by atoms with Gasteiger partial charge >= 0.3 is 5.97 Å². The van der Waals surface area contributed by atoms with Gasteiger partial charge in [-0.05, 0) is 28.1 Å². The third kappa shape index (κ3) is 3.60. The minimum atomic E-state index is -1.17. The number of nitrogens with two attached hydrogens (primary N) is 1. The van der Waals surface area contributed by atoms with Crippen LogP contribution in [0.4, 0.5) is 0 Å². The zero-order chi connectivity index (χ0) is 14.1. The van der Waals surface area contributed by atoms with Crippen molar-refractivity contribution in [1.29, 1.82) is 0 Å². The van der Waals surface area contributed by atoms with Crippen molar-refractivity contribution in [3.63, 3.8) is 0 Å². The van der Waals surface area contributed by atoms with Crippen molar-refractivity contribution in [2.75, 3.05) is 6.61 Å². The smallest absolute Gasteiger partial charge is 0.336 e. The number of hydrogen-bond donors (Lipinski definition) is 4. The lowest BCUT2D eigenvalue weighted by Crippen LogP contribution is -2.33. The Labute approximate surface area is 126 Å². The fraction of sp³-hybridized carbons (Fsp3) is 0.417. The summed E-state index contributed by atoms with van der Waals surface area (Å²) in [6.07, 6.45) is 0. The first-order valence-electron chi connectivity index (χ1n) is 5.33. The average molecular weight is 355 g/mol. The molecule has 0 amide bonds. The average Bonchev–Trinajstić information content (AvgIpc) is 2.31. The molecule has 0 saturated carbocycles. The number of aliphatic hydroxyl groups excluding tert-OH is 1. The number of aromatic carboxylic acids is 1. The van der Waals surface area contributed by atoms with Gasteiger partial charge in [-0.15, -0.1) is 12.4 Å². The van der Waals surface area contributed by atoms with E-state index < -0.39 is 17.4 Å². The van der Waals surface area contributed by atoms with E-state index in [0.29, 0.717) is 4.47 Å². The Morgan fingerprint density at radius 1 is 1.47 bits per heavy atom. The molecular weight excluding hydrogens is 337 g/mol. The van der Waals surface area contributed by atoms with E-state index in [0.717, 1.165) is 0 Å². The SMILES string of the molecule is CC(C)(CO)[C@H](N)c1c(C(=O)O)ccc(Br)c1O.Cl. The van der Waals surface area contributed by atoms with E-state index in [1.54, 1.807) is 13.8 Å². The van der Waals surface area contributed by atoms with E-state index in [-0.39, 0.29) is 35.9 Å². The fourth-order valence-corrected chi connectivity index (χ4v) is 1.92. The molecule has 0 aliphatic heterocycles. The summed E-state index contributed by atoms with van der Waals surface area (Å²) in [6, 6.07) is 2.02. The van der Waals surface area contributed by atoms with Gasteiger partial charge in [-0.1, -0.05) is 13.8 Å². The first-order valence-corrected chi connectivity index (χ1v) is 6.12. The number of hydrogen-bond acceptors (Lipinski definition) is 4. The summed E-state index contributed by atoms with van der Waals surface area (Å²) in [5.74, 6) is -1.37. The maximum Gasteiger partial charge on any atom is 0.336 e. The molecule has 0 radical (unpaired) electrons. The number of aromatic hydroxyl groups is 1. The third-order valence-corrected chi connectivity index (χ3v) is 3.60. The number of carboxylic acid groups (broad SMARTS) is 1. The lowest BCUT2D eigenvalue weighted by Gasteiger charge is -2.31. The number of carbonyl (C=O) groups is 1. The van der Waals surface area contributed by atoms with Crippen molar-refractivity contribution in [2.24, 2.45) is 11.1 Å². The van der Waals surface area contributed by atoms with Gasteiger partial charge in [-0.25, -0.2) is 4.79 Å².